The molecule has 0 aromatic heterocycles. The summed E-state index contributed by atoms with van der Waals surface area (Å²) < 4.78 is 32.1. The van der Waals surface area contributed by atoms with Crippen LogP contribution in [0.2, 0.25) is 0 Å². The van der Waals surface area contributed by atoms with Crippen molar-refractivity contribution < 1.29 is 22.7 Å². The molecule has 0 bridgehead atoms. The standard InChI is InChI=1S/C19H22N2O5S/c1-19(2,3)20-17(22)13-26-18(23)14-8-7-9-15(12-14)21-27(24,25)16-10-5-4-6-11-16/h4-12,21H,13H2,1-3H3,(H,20,22). The molecule has 0 fully saturated rings. The van der Waals surface area contributed by atoms with E-state index in [-0.39, 0.29) is 16.1 Å². The highest BCUT2D eigenvalue weighted by atomic mass is 32.2. The van der Waals surface area contributed by atoms with Crippen molar-refractivity contribution in [2.75, 3.05) is 11.3 Å². The average molecular weight is 390 g/mol. The van der Waals surface area contributed by atoms with Crippen molar-refractivity contribution in [2.24, 2.45) is 0 Å². The maximum atomic E-state index is 12.4. The third-order valence-electron chi connectivity index (χ3n) is 3.25. The fourth-order valence-electron chi connectivity index (χ4n) is 2.19. The van der Waals surface area contributed by atoms with Crippen LogP contribution in [-0.4, -0.2) is 32.4 Å². The molecule has 8 heteroatoms. The van der Waals surface area contributed by atoms with Crippen molar-refractivity contribution in [3.63, 3.8) is 0 Å². The largest absolute Gasteiger partial charge is 0.452 e. The van der Waals surface area contributed by atoms with Gasteiger partial charge >= 0.3 is 5.97 Å². The molecule has 0 aliphatic heterocycles. The number of amides is 1. The molecular weight excluding hydrogens is 368 g/mol. The molecule has 0 radical (unpaired) electrons. The van der Waals surface area contributed by atoms with Gasteiger partial charge in [-0.2, -0.15) is 0 Å². The predicted molar refractivity (Wildman–Crippen MR) is 102 cm³/mol. The minimum Gasteiger partial charge on any atom is -0.452 e. The third kappa shape index (κ3) is 6.41. The molecule has 2 aromatic rings. The molecule has 0 heterocycles. The fourth-order valence-corrected chi connectivity index (χ4v) is 3.26. The van der Waals surface area contributed by atoms with Crippen molar-refractivity contribution in [3.8, 4) is 0 Å². The summed E-state index contributed by atoms with van der Waals surface area (Å²) in [6.07, 6.45) is 0. The predicted octanol–water partition coefficient (Wildman–Crippen LogP) is 2.56. The van der Waals surface area contributed by atoms with Gasteiger partial charge in [-0.15, -0.1) is 0 Å². The number of carbonyl (C=O) groups excluding carboxylic acids is 2. The zero-order valence-corrected chi connectivity index (χ0v) is 16.2. The van der Waals surface area contributed by atoms with Crippen LogP contribution in [0.1, 0.15) is 31.1 Å². The quantitative estimate of drug-likeness (QED) is 0.738. The van der Waals surface area contributed by atoms with Crippen LogP contribution in [0, 0.1) is 0 Å². The molecule has 2 N–H and O–H groups in total. The van der Waals surface area contributed by atoms with Crippen molar-refractivity contribution in [1.82, 2.24) is 5.32 Å². The SMILES string of the molecule is CC(C)(C)NC(=O)COC(=O)c1cccc(NS(=O)(=O)c2ccccc2)c1. The van der Waals surface area contributed by atoms with Crippen LogP contribution in [0.4, 0.5) is 5.69 Å². The van der Waals surface area contributed by atoms with E-state index in [1.165, 1.54) is 36.4 Å². The first-order valence-electron chi connectivity index (χ1n) is 8.23. The van der Waals surface area contributed by atoms with E-state index < -0.39 is 34.0 Å². The van der Waals surface area contributed by atoms with Crippen LogP contribution in [0.25, 0.3) is 0 Å². The zero-order chi connectivity index (χ0) is 20.1. The molecule has 144 valence electrons. The van der Waals surface area contributed by atoms with E-state index >= 15 is 0 Å². The van der Waals surface area contributed by atoms with E-state index in [1.807, 2.05) is 20.8 Å². The molecule has 0 atom stereocenters. The highest BCUT2D eigenvalue weighted by Gasteiger charge is 2.17. The van der Waals surface area contributed by atoms with E-state index in [0.29, 0.717) is 0 Å². The van der Waals surface area contributed by atoms with Gasteiger partial charge in [-0.25, -0.2) is 13.2 Å². The van der Waals surface area contributed by atoms with Gasteiger partial charge in [-0.05, 0) is 51.1 Å². The van der Waals surface area contributed by atoms with Crippen LogP contribution < -0.4 is 10.0 Å². The van der Waals surface area contributed by atoms with Gasteiger partial charge in [0.05, 0.1) is 10.5 Å². The Bertz CT molecular complexity index is 919. The van der Waals surface area contributed by atoms with E-state index in [0.717, 1.165) is 0 Å². The fraction of sp³-hybridized carbons (Fsp3) is 0.263. The Morgan fingerprint density at radius 1 is 1.00 bits per heavy atom. The summed E-state index contributed by atoms with van der Waals surface area (Å²) in [5.74, 6) is -1.14. The Morgan fingerprint density at radius 3 is 2.30 bits per heavy atom. The second kappa shape index (κ2) is 8.22. The summed E-state index contributed by atoms with van der Waals surface area (Å²) in [7, 11) is -3.77. The maximum Gasteiger partial charge on any atom is 0.338 e. The van der Waals surface area contributed by atoms with Crippen molar-refractivity contribution in [2.45, 2.75) is 31.2 Å². The van der Waals surface area contributed by atoms with E-state index in [2.05, 4.69) is 10.0 Å². The lowest BCUT2D eigenvalue weighted by Crippen LogP contribution is -2.42. The first-order valence-corrected chi connectivity index (χ1v) is 9.71. The van der Waals surface area contributed by atoms with Gasteiger partial charge in [0.2, 0.25) is 0 Å². The van der Waals surface area contributed by atoms with E-state index in [1.54, 1.807) is 18.2 Å². The first kappa shape index (κ1) is 20.4. The minimum atomic E-state index is -3.77. The molecule has 2 aromatic carbocycles. The zero-order valence-electron chi connectivity index (χ0n) is 15.4. The molecular formula is C19H22N2O5S. The minimum absolute atomic E-state index is 0.108. The Morgan fingerprint density at radius 2 is 1.67 bits per heavy atom. The lowest BCUT2D eigenvalue weighted by Gasteiger charge is -2.20. The monoisotopic (exact) mass is 390 g/mol. The number of sulfonamides is 1. The van der Waals surface area contributed by atoms with Crippen LogP contribution in [0.3, 0.4) is 0 Å². The Balaban J connectivity index is 2.04. The molecule has 0 aliphatic rings. The molecule has 0 saturated carbocycles. The first-order chi connectivity index (χ1) is 12.6. The summed E-state index contributed by atoms with van der Waals surface area (Å²) in [4.78, 5) is 24.0. The molecule has 7 nitrogen and oxygen atoms in total. The number of benzene rings is 2. The van der Waals surface area contributed by atoms with Gasteiger partial charge in [-0.1, -0.05) is 24.3 Å². The van der Waals surface area contributed by atoms with Crippen LogP contribution in [0.5, 0.6) is 0 Å². The average Bonchev–Trinajstić information content (AvgIpc) is 2.59. The Kier molecular flexibility index (Phi) is 6.22. The van der Waals surface area contributed by atoms with Crippen LogP contribution >= 0.6 is 0 Å². The molecule has 2 rings (SSSR count). The van der Waals surface area contributed by atoms with Gasteiger partial charge in [0.25, 0.3) is 15.9 Å². The number of hydrogen-bond donors (Lipinski definition) is 2. The highest BCUT2D eigenvalue weighted by molar-refractivity contribution is 7.92. The molecule has 1 amide bonds. The van der Waals surface area contributed by atoms with E-state index in [9.17, 15) is 18.0 Å². The number of ether oxygens (including phenoxy) is 1. The second-order valence-corrected chi connectivity index (χ2v) is 8.56. The van der Waals surface area contributed by atoms with Crippen LogP contribution in [-0.2, 0) is 19.6 Å². The van der Waals surface area contributed by atoms with Gasteiger partial charge < -0.3 is 10.1 Å². The van der Waals surface area contributed by atoms with Crippen LogP contribution in [0.15, 0.2) is 59.5 Å². The Labute approximate surface area is 158 Å². The molecule has 0 unspecified atom stereocenters. The number of rotatable bonds is 6. The Hall–Kier alpha value is -2.87. The van der Waals surface area contributed by atoms with E-state index in [4.69, 9.17) is 4.74 Å². The normalized spacial score (nSPS) is 11.5. The number of carbonyl (C=O) groups is 2. The molecule has 27 heavy (non-hydrogen) atoms. The summed E-state index contributed by atoms with van der Waals surface area (Å²) in [6, 6.07) is 13.7. The lowest BCUT2D eigenvalue weighted by molar-refractivity contribution is -0.125. The van der Waals surface area contributed by atoms with Gasteiger partial charge in [0.1, 0.15) is 0 Å². The van der Waals surface area contributed by atoms with Gasteiger partial charge in [0.15, 0.2) is 6.61 Å². The van der Waals surface area contributed by atoms with Crippen molar-refractivity contribution in [1.29, 1.82) is 0 Å². The van der Waals surface area contributed by atoms with Gasteiger partial charge in [0, 0.05) is 11.2 Å². The summed E-state index contributed by atoms with van der Waals surface area (Å²) in [5, 5.41) is 2.68. The maximum absolute atomic E-state index is 12.4. The third-order valence-corrected chi connectivity index (χ3v) is 4.65. The smallest absolute Gasteiger partial charge is 0.338 e. The second-order valence-electron chi connectivity index (χ2n) is 6.87. The summed E-state index contributed by atoms with van der Waals surface area (Å²) in [6.45, 7) is 5.02. The number of anilines is 1. The molecule has 0 saturated heterocycles. The molecule has 0 spiro atoms. The van der Waals surface area contributed by atoms with Crippen molar-refractivity contribution in [3.05, 3.63) is 60.2 Å². The lowest BCUT2D eigenvalue weighted by atomic mass is 10.1. The highest BCUT2D eigenvalue weighted by Crippen LogP contribution is 2.17. The topological polar surface area (TPSA) is 102 Å². The summed E-state index contributed by atoms with van der Waals surface area (Å²) in [5.41, 5.74) is -0.0849. The number of esters is 1. The van der Waals surface area contributed by atoms with Crippen molar-refractivity contribution >= 4 is 27.6 Å². The van der Waals surface area contributed by atoms with Gasteiger partial charge in [-0.3, -0.25) is 9.52 Å². The number of nitrogens with one attached hydrogen (secondary N) is 2. The molecule has 0 aliphatic carbocycles. The summed E-state index contributed by atoms with van der Waals surface area (Å²) >= 11 is 0. The number of hydrogen-bond acceptors (Lipinski definition) is 5.